The van der Waals surface area contributed by atoms with Crippen LogP contribution in [0.1, 0.15) is 33.1 Å². The van der Waals surface area contributed by atoms with Gasteiger partial charge in [-0.15, -0.1) is 0 Å². The van der Waals surface area contributed by atoms with E-state index >= 15 is 0 Å². The van der Waals surface area contributed by atoms with Crippen LogP contribution in [0.4, 0.5) is 0 Å². The zero-order valence-corrected chi connectivity index (χ0v) is 11.0. The number of hydrogen-bond donors (Lipinski definition) is 0. The normalized spacial score (nSPS) is 32.9. The van der Waals surface area contributed by atoms with Crippen LogP contribution in [0.25, 0.3) is 0 Å². The van der Waals surface area contributed by atoms with Crippen LogP contribution in [0.15, 0.2) is 0 Å². The predicted molar refractivity (Wildman–Crippen MR) is 64.8 cm³/mol. The first-order valence-electron chi connectivity index (χ1n) is 6.32. The molecule has 0 spiro atoms. The van der Waals surface area contributed by atoms with E-state index in [1.54, 1.807) is 11.2 Å². The molecule has 0 saturated carbocycles. The Kier molecular flexibility index (Phi) is 3.56. The summed E-state index contributed by atoms with van der Waals surface area (Å²) in [5, 5.41) is 0. The lowest BCUT2D eigenvalue weighted by Gasteiger charge is -2.42. The summed E-state index contributed by atoms with van der Waals surface area (Å²) in [6, 6.07) is 0.670. The molecular weight excluding hydrogens is 224 g/mol. The van der Waals surface area contributed by atoms with E-state index in [-0.39, 0.29) is 11.8 Å². The standard InChI is InChI=1S/C11H22N2O2S/c1-3-10-8-12-7-5-6-11(12)9-13(10)16(14,15)4-2/h10-11H,3-9H2,1-2H3/t10-,11-/m1/s1. The van der Waals surface area contributed by atoms with Gasteiger partial charge in [-0.2, -0.15) is 4.31 Å². The summed E-state index contributed by atoms with van der Waals surface area (Å²) in [6.07, 6.45) is 3.30. The molecule has 0 radical (unpaired) electrons. The molecule has 2 fully saturated rings. The molecule has 5 heteroatoms. The molecule has 2 aliphatic rings. The highest BCUT2D eigenvalue weighted by Crippen LogP contribution is 2.27. The van der Waals surface area contributed by atoms with Crippen molar-refractivity contribution >= 4 is 10.0 Å². The fourth-order valence-corrected chi connectivity index (χ4v) is 4.30. The van der Waals surface area contributed by atoms with Crippen LogP contribution >= 0.6 is 0 Å². The molecule has 2 atom stereocenters. The fraction of sp³-hybridized carbons (Fsp3) is 1.00. The second-order valence-corrected chi connectivity index (χ2v) is 7.03. The number of fused-ring (bicyclic) bond motifs is 1. The lowest BCUT2D eigenvalue weighted by molar-refractivity contribution is 0.107. The van der Waals surface area contributed by atoms with Crippen molar-refractivity contribution in [3.8, 4) is 0 Å². The molecule has 0 bridgehead atoms. The minimum absolute atomic E-state index is 0.194. The minimum atomic E-state index is -3.01. The van der Waals surface area contributed by atoms with E-state index in [9.17, 15) is 8.42 Å². The van der Waals surface area contributed by atoms with E-state index in [1.807, 2.05) is 0 Å². The number of rotatable bonds is 3. The van der Waals surface area contributed by atoms with Crippen molar-refractivity contribution in [2.45, 2.75) is 45.2 Å². The Morgan fingerprint density at radius 2 is 2.00 bits per heavy atom. The maximum atomic E-state index is 12.0. The van der Waals surface area contributed by atoms with Crippen molar-refractivity contribution in [2.75, 3.05) is 25.4 Å². The molecule has 0 aromatic rings. The van der Waals surface area contributed by atoms with E-state index in [4.69, 9.17) is 0 Å². The first kappa shape index (κ1) is 12.3. The third-order valence-electron chi connectivity index (χ3n) is 3.94. The van der Waals surface area contributed by atoms with Crippen LogP contribution in [0.5, 0.6) is 0 Å². The summed E-state index contributed by atoms with van der Waals surface area (Å²) in [4.78, 5) is 2.47. The summed E-state index contributed by atoms with van der Waals surface area (Å²) < 4.78 is 25.8. The van der Waals surface area contributed by atoms with Crippen LogP contribution in [-0.4, -0.2) is 55.1 Å². The average Bonchev–Trinajstić information content (AvgIpc) is 2.74. The second-order valence-electron chi connectivity index (χ2n) is 4.82. The summed E-state index contributed by atoms with van der Waals surface area (Å²) >= 11 is 0. The quantitative estimate of drug-likeness (QED) is 0.743. The summed E-state index contributed by atoms with van der Waals surface area (Å²) in [5.41, 5.74) is 0. The van der Waals surface area contributed by atoms with Crippen LogP contribution < -0.4 is 0 Å². The summed E-state index contributed by atoms with van der Waals surface area (Å²) in [7, 11) is -3.01. The molecule has 2 aliphatic heterocycles. The predicted octanol–water partition coefficient (Wildman–Crippen LogP) is 0.895. The van der Waals surface area contributed by atoms with Gasteiger partial charge in [0.2, 0.25) is 10.0 Å². The number of sulfonamides is 1. The summed E-state index contributed by atoms with van der Waals surface area (Å²) in [5.74, 6) is 0.232. The molecule has 0 N–H and O–H groups in total. The Bertz CT molecular complexity index is 342. The minimum Gasteiger partial charge on any atom is -0.297 e. The Labute approximate surface area is 98.7 Å². The van der Waals surface area contributed by atoms with Gasteiger partial charge in [0.1, 0.15) is 0 Å². The highest BCUT2D eigenvalue weighted by atomic mass is 32.2. The topological polar surface area (TPSA) is 40.6 Å². The molecule has 2 rings (SSSR count). The molecule has 0 unspecified atom stereocenters. The molecule has 16 heavy (non-hydrogen) atoms. The van der Waals surface area contributed by atoms with E-state index in [2.05, 4.69) is 11.8 Å². The maximum absolute atomic E-state index is 12.0. The number of hydrogen-bond acceptors (Lipinski definition) is 3. The van der Waals surface area contributed by atoms with Crippen molar-refractivity contribution < 1.29 is 8.42 Å². The highest BCUT2D eigenvalue weighted by molar-refractivity contribution is 7.89. The summed E-state index contributed by atoms with van der Waals surface area (Å²) in [6.45, 7) is 6.62. The number of piperazine rings is 1. The average molecular weight is 246 g/mol. The van der Waals surface area contributed by atoms with E-state index in [0.29, 0.717) is 12.6 Å². The third-order valence-corrected chi connectivity index (χ3v) is 5.83. The largest absolute Gasteiger partial charge is 0.297 e. The molecule has 0 amide bonds. The van der Waals surface area contributed by atoms with Gasteiger partial charge in [-0.25, -0.2) is 8.42 Å². The van der Waals surface area contributed by atoms with Gasteiger partial charge in [-0.1, -0.05) is 6.92 Å². The first-order chi connectivity index (χ1) is 7.58. The van der Waals surface area contributed by atoms with Gasteiger partial charge >= 0.3 is 0 Å². The maximum Gasteiger partial charge on any atom is 0.214 e. The van der Waals surface area contributed by atoms with Gasteiger partial charge in [0.05, 0.1) is 5.75 Å². The monoisotopic (exact) mass is 246 g/mol. The lowest BCUT2D eigenvalue weighted by Crippen LogP contribution is -2.57. The van der Waals surface area contributed by atoms with Crippen LogP contribution in [0.2, 0.25) is 0 Å². The van der Waals surface area contributed by atoms with E-state index in [1.165, 1.54) is 6.42 Å². The van der Waals surface area contributed by atoms with E-state index < -0.39 is 10.0 Å². The zero-order chi connectivity index (χ0) is 11.8. The SMILES string of the molecule is CC[C@@H]1CN2CCC[C@@H]2CN1S(=O)(=O)CC. The lowest BCUT2D eigenvalue weighted by atomic mass is 10.1. The first-order valence-corrected chi connectivity index (χ1v) is 7.93. The molecule has 0 aliphatic carbocycles. The molecule has 2 saturated heterocycles. The Hall–Kier alpha value is -0.130. The van der Waals surface area contributed by atoms with E-state index in [0.717, 1.165) is 25.9 Å². The van der Waals surface area contributed by atoms with Gasteiger partial charge in [0.25, 0.3) is 0 Å². The molecule has 0 aromatic heterocycles. The Morgan fingerprint density at radius 1 is 1.25 bits per heavy atom. The fourth-order valence-electron chi connectivity index (χ4n) is 2.90. The second kappa shape index (κ2) is 4.63. The van der Waals surface area contributed by atoms with Crippen LogP contribution in [0, 0.1) is 0 Å². The van der Waals surface area contributed by atoms with Crippen LogP contribution in [-0.2, 0) is 10.0 Å². The highest BCUT2D eigenvalue weighted by Gasteiger charge is 2.39. The molecule has 4 nitrogen and oxygen atoms in total. The third kappa shape index (κ3) is 2.13. The van der Waals surface area contributed by atoms with Crippen LogP contribution in [0.3, 0.4) is 0 Å². The Balaban J connectivity index is 2.17. The molecular formula is C11H22N2O2S. The van der Waals surface area contributed by atoms with Crippen molar-refractivity contribution in [3.05, 3.63) is 0 Å². The smallest absolute Gasteiger partial charge is 0.214 e. The van der Waals surface area contributed by atoms with Gasteiger partial charge in [0, 0.05) is 25.2 Å². The van der Waals surface area contributed by atoms with Gasteiger partial charge in [0.15, 0.2) is 0 Å². The van der Waals surface area contributed by atoms with Crippen molar-refractivity contribution in [3.63, 3.8) is 0 Å². The zero-order valence-electron chi connectivity index (χ0n) is 10.2. The van der Waals surface area contributed by atoms with Crippen molar-refractivity contribution in [1.82, 2.24) is 9.21 Å². The van der Waals surface area contributed by atoms with Gasteiger partial charge in [-0.3, -0.25) is 4.90 Å². The van der Waals surface area contributed by atoms with Gasteiger partial charge in [-0.05, 0) is 32.7 Å². The molecule has 94 valence electrons. The van der Waals surface area contributed by atoms with Crippen molar-refractivity contribution in [2.24, 2.45) is 0 Å². The molecule has 0 aromatic carbocycles. The van der Waals surface area contributed by atoms with Crippen molar-refractivity contribution in [1.29, 1.82) is 0 Å². The Morgan fingerprint density at radius 3 is 2.62 bits per heavy atom. The molecule has 2 heterocycles. The number of nitrogens with zero attached hydrogens (tertiary/aromatic N) is 2. The van der Waals surface area contributed by atoms with Gasteiger partial charge < -0.3 is 0 Å².